The Hall–Kier alpha value is -2.25. The van der Waals surface area contributed by atoms with Crippen molar-refractivity contribution in [2.24, 2.45) is 5.92 Å². The highest BCUT2D eigenvalue weighted by Crippen LogP contribution is 2.17. The highest BCUT2D eigenvalue weighted by molar-refractivity contribution is 8.14. The van der Waals surface area contributed by atoms with Gasteiger partial charge in [0, 0.05) is 28.7 Å². The molecule has 2 rings (SSSR count). The van der Waals surface area contributed by atoms with Crippen molar-refractivity contribution in [1.29, 1.82) is 0 Å². The fourth-order valence-corrected chi connectivity index (χ4v) is 4.26. The van der Waals surface area contributed by atoms with Crippen LogP contribution in [0.2, 0.25) is 0 Å². The van der Waals surface area contributed by atoms with E-state index in [9.17, 15) is 19.5 Å². The summed E-state index contributed by atoms with van der Waals surface area (Å²) in [5, 5.41) is 11.9. The summed E-state index contributed by atoms with van der Waals surface area (Å²) in [6.45, 7) is 3.71. The van der Waals surface area contributed by atoms with E-state index in [4.69, 9.17) is 0 Å². The fourth-order valence-electron chi connectivity index (χ4n) is 2.40. The summed E-state index contributed by atoms with van der Waals surface area (Å²) in [7, 11) is 0. The van der Waals surface area contributed by atoms with Crippen LogP contribution in [0.15, 0.2) is 54.6 Å². The molecule has 0 fully saturated rings. The molecule has 0 aliphatic carbocycles. The number of thioether (sulfide) groups is 2. The van der Waals surface area contributed by atoms with Crippen molar-refractivity contribution in [2.75, 3.05) is 11.5 Å². The van der Waals surface area contributed by atoms with Crippen molar-refractivity contribution < 1.29 is 19.5 Å². The average molecular weight is 432 g/mol. The van der Waals surface area contributed by atoms with Crippen LogP contribution in [0, 0.1) is 12.8 Å². The van der Waals surface area contributed by atoms with Crippen molar-refractivity contribution in [2.45, 2.75) is 25.6 Å². The summed E-state index contributed by atoms with van der Waals surface area (Å²) < 4.78 is 0. The number of carboxylic acid groups (broad SMARTS) is 1. The van der Waals surface area contributed by atoms with Gasteiger partial charge in [0.15, 0.2) is 0 Å². The molecule has 0 aliphatic heterocycles. The standard InChI is InChI=1S/C22H25NO4S2/c1-15-8-10-17(11-9-15)13-28-14-19(21(25)26)23-20(24)16(2)12-29-22(27)18-6-4-3-5-7-18/h3-11,16,19H,12-14H2,1-2H3,(H,23,24)(H,25,26)/t16-,19+/m1/s1. The first-order valence-electron chi connectivity index (χ1n) is 9.25. The number of amides is 1. The molecule has 2 N–H and O–H groups in total. The molecule has 0 aliphatic rings. The molecule has 0 unspecified atom stereocenters. The van der Waals surface area contributed by atoms with Gasteiger partial charge in [-0.1, -0.05) is 78.8 Å². The van der Waals surface area contributed by atoms with Crippen LogP contribution in [0.3, 0.4) is 0 Å². The Balaban J connectivity index is 1.79. The summed E-state index contributed by atoms with van der Waals surface area (Å²) >= 11 is 2.53. The molecule has 0 heterocycles. The first kappa shape index (κ1) is 23.0. The van der Waals surface area contributed by atoms with E-state index < -0.39 is 17.9 Å². The van der Waals surface area contributed by atoms with Gasteiger partial charge in [-0.2, -0.15) is 11.8 Å². The van der Waals surface area contributed by atoms with E-state index in [1.807, 2.05) is 37.3 Å². The molecule has 2 aromatic carbocycles. The Bertz CT molecular complexity index is 824. The molecule has 0 saturated heterocycles. The lowest BCUT2D eigenvalue weighted by atomic mass is 10.2. The molecule has 154 valence electrons. The maximum Gasteiger partial charge on any atom is 0.327 e. The van der Waals surface area contributed by atoms with Crippen molar-refractivity contribution in [3.63, 3.8) is 0 Å². The average Bonchev–Trinajstić information content (AvgIpc) is 2.72. The predicted molar refractivity (Wildman–Crippen MR) is 119 cm³/mol. The topological polar surface area (TPSA) is 83.5 Å². The molecule has 2 aromatic rings. The lowest BCUT2D eigenvalue weighted by Crippen LogP contribution is -2.45. The van der Waals surface area contributed by atoms with E-state index in [0.29, 0.717) is 17.1 Å². The van der Waals surface area contributed by atoms with Crippen LogP contribution in [-0.4, -0.2) is 39.6 Å². The summed E-state index contributed by atoms with van der Waals surface area (Å²) in [5.74, 6) is -0.648. The third kappa shape index (κ3) is 7.95. The zero-order valence-corrected chi connectivity index (χ0v) is 18.1. The number of rotatable bonds is 10. The predicted octanol–water partition coefficient (Wildman–Crippen LogP) is 4.01. The Morgan fingerprint density at radius 3 is 2.28 bits per heavy atom. The van der Waals surface area contributed by atoms with Gasteiger partial charge in [0.1, 0.15) is 6.04 Å². The van der Waals surface area contributed by atoms with Crippen molar-refractivity contribution >= 4 is 40.5 Å². The zero-order chi connectivity index (χ0) is 21.2. The molecule has 0 radical (unpaired) electrons. The number of benzene rings is 2. The van der Waals surface area contributed by atoms with Crippen LogP contribution in [0.25, 0.3) is 0 Å². The number of carboxylic acids is 1. The maximum absolute atomic E-state index is 12.4. The van der Waals surface area contributed by atoms with E-state index in [1.54, 1.807) is 31.2 Å². The van der Waals surface area contributed by atoms with E-state index in [0.717, 1.165) is 17.3 Å². The van der Waals surface area contributed by atoms with E-state index >= 15 is 0 Å². The normalized spacial score (nSPS) is 12.8. The minimum Gasteiger partial charge on any atom is -0.480 e. The van der Waals surface area contributed by atoms with Gasteiger partial charge in [-0.25, -0.2) is 4.79 Å². The third-order valence-corrected chi connectivity index (χ3v) is 6.48. The monoisotopic (exact) mass is 431 g/mol. The van der Waals surface area contributed by atoms with Gasteiger partial charge in [-0.15, -0.1) is 0 Å². The van der Waals surface area contributed by atoms with Crippen molar-refractivity contribution in [1.82, 2.24) is 5.32 Å². The van der Waals surface area contributed by atoms with Gasteiger partial charge in [0.2, 0.25) is 11.0 Å². The van der Waals surface area contributed by atoms with Gasteiger partial charge in [-0.3, -0.25) is 9.59 Å². The Morgan fingerprint density at radius 2 is 1.66 bits per heavy atom. The number of aliphatic carboxylic acids is 1. The summed E-state index contributed by atoms with van der Waals surface area (Å²) in [4.78, 5) is 36.0. The number of aryl methyl sites for hydroxylation is 1. The van der Waals surface area contributed by atoms with E-state index in [2.05, 4.69) is 5.32 Å². The van der Waals surface area contributed by atoms with Gasteiger partial charge < -0.3 is 10.4 Å². The first-order valence-corrected chi connectivity index (χ1v) is 11.4. The van der Waals surface area contributed by atoms with Gasteiger partial charge >= 0.3 is 5.97 Å². The molecule has 7 heteroatoms. The molecule has 29 heavy (non-hydrogen) atoms. The molecule has 0 bridgehead atoms. The highest BCUT2D eigenvalue weighted by atomic mass is 32.2. The van der Waals surface area contributed by atoms with Crippen LogP contribution < -0.4 is 5.32 Å². The number of hydrogen-bond donors (Lipinski definition) is 2. The number of nitrogens with one attached hydrogen (secondary N) is 1. The molecular weight excluding hydrogens is 406 g/mol. The molecule has 1 amide bonds. The molecule has 0 saturated carbocycles. The van der Waals surface area contributed by atoms with Crippen LogP contribution in [0.4, 0.5) is 0 Å². The smallest absolute Gasteiger partial charge is 0.327 e. The molecule has 0 spiro atoms. The fraction of sp³-hybridized carbons (Fsp3) is 0.318. The van der Waals surface area contributed by atoms with Crippen LogP contribution in [0.5, 0.6) is 0 Å². The second kappa shape index (κ2) is 11.7. The van der Waals surface area contributed by atoms with E-state index in [-0.39, 0.29) is 16.8 Å². The minimum atomic E-state index is -1.06. The van der Waals surface area contributed by atoms with E-state index in [1.165, 1.54) is 17.3 Å². The summed E-state index contributed by atoms with van der Waals surface area (Å²) in [5.41, 5.74) is 2.87. The van der Waals surface area contributed by atoms with Crippen LogP contribution in [-0.2, 0) is 15.3 Å². The second-order valence-corrected chi connectivity index (χ2v) is 8.79. The number of hydrogen-bond acceptors (Lipinski definition) is 5. The molecule has 5 nitrogen and oxygen atoms in total. The van der Waals surface area contributed by atoms with Gasteiger partial charge in [0.05, 0.1) is 0 Å². The SMILES string of the molecule is Cc1ccc(CSC[C@H](NC(=O)[C@H](C)CSC(=O)c2ccccc2)C(=O)O)cc1. The Morgan fingerprint density at radius 1 is 1.00 bits per heavy atom. The van der Waals surface area contributed by atoms with Gasteiger partial charge in [-0.05, 0) is 12.5 Å². The number of carbonyl (C=O) groups excluding carboxylic acids is 2. The molecular formula is C22H25NO4S2. The molecule has 0 aromatic heterocycles. The van der Waals surface area contributed by atoms with Crippen molar-refractivity contribution in [3.05, 3.63) is 71.3 Å². The summed E-state index contributed by atoms with van der Waals surface area (Å²) in [6.07, 6.45) is 0. The van der Waals surface area contributed by atoms with Crippen LogP contribution in [0.1, 0.15) is 28.4 Å². The Kier molecular flexibility index (Phi) is 9.28. The Labute approximate surface area is 179 Å². The van der Waals surface area contributed by atoms with Crippen molar-refractivity contribution in [3.8, 4) is 0 Å². The quantitative estimate of drug-likeness (QED) is 0.591. The lowest BCUT2D eigenvalue weighted by Gasteiger charge is -2.17. The number of carbonyl (C=O) groups is 3. The maximum atomic E-state index is 12.4. The largest absolute Gasteiger partial charge is 0.480 e. The lowest BCUT2D eigenvalue weighted by molar-refractivity contribution is -0.141. The first-order chi connectivity index (χ1) is 13.9. The zero-order valence-electron chi connectivity index (χ0n) is 16.5. The molecule has 2 atom stereocenters. The summed E-state index contributed by atoms with van der Waals surface area (Å²) in [6, 6.07) is 16.0. The van der Waals surface area contributed by atoms with Crippen LogP contribution >= 0.6 is 23.5 Å². The highest BCUT2D eigenvalue weighted by Gasteiger charge is 2.23. The van der Waals surface area contributed by atoms with Gasteiger partial charge in [0.25, 0.3) is 0 Å². The second-order valence-electron chi connectivity index (χ2n) is 6.77. The third-order valence-electron chi connectivity index (χ3n) is 4.21. The minimum absolute atomic E-state index is 0.103.